The van der Waals surface area contributed by atoms with Crippen LogP contribution in [0, 0.1) is 6.92 Å². The number of aromatic nitrogens is 3. The highest BCUT2D eigenvalue weighted by Crippen LogP contribution is 2.39. The van der Waals surface area contributed by atoms with E-state index >= 15 is 0 Å². The van der Waals surface area contributed by atoms with Crippen molar-refractivity contribution in [2.75, 3.05) is 0 Å². The van der Waals surface area contributed by atoms with Gasteiger partial charge in [0.2, 0.25) is 0 Å². The zero-order valence-corrected chi connectivity index (χ0v) is 21.1. The lowest BCUT2D eigenvalue weighted by Crippen LogP contribution is -2.42. The summed E-state index contributed by atoms with van der Waals surface area (Å²) < 4.78 is 29.5. The van der Waals surface area contributed by atoms with Crippen LogP contribution < -0.4 is 5.56 Å². The van der Waals surface area contributed by atoms with E-state index in [1.165, 1.54) is 12.5 Å². The van der Waals surface area contributed by atoms with Crippen LogP contribution in [0.3, 0.4) is 0 Å². The van der Waals surface area contributed by atoms with Crippen LogP contribution >= 0.6 is 11.6 Å². The van der Waals surface area contributed by atoms with Gasteiger partial charge >= 0.3 is 17.8 Å². The number of nitrogens with zero attached hydrogens (tertiary/aromatic N) is 4. The number of rotatable bonds is 6. The number of fused-ring (bicyclic) bond motifs is 1. The second-order valence-electron chi connectivity index (χ2n) is 9.10. The van der Waals surface area contributed by atoms with Gasteiger partial charge in [-0.15, -0.1) is 0 Å². The minimum absolute atomic E-state index is 0.0496. The first-order valence-electron chi connectivity index (χ1n) is 11.7. The van der Waals surface area contributed by atoms with E-state index in [2.05, 4.69) is 20.1 Å². The number of benzene rings is 2. The molecule has 39 heavy (non-hydrogen) atoms. The standard InChI is InChI=1S/C27H20ClF2N5O4/c1-14-2-4-15(5-3-14)20-10-19(34-35(20)26(39)27(29,30)11-21(36)37)23-22(16-6-8-17(28)9-7-16)18-12-31-13-32-24(18)33-25(23)38/h2-9,12-13,20H,10-11H2,1H3,(H,36,37)(H,31,32,33,38)/t20-/m0/s1. The number of amides is 1. The van der Waals surface area contributed by atoms with Crippen molar-refractivity contribution in [3.05, 3.63) is 93.1 Å². The number of carbonyl (C=O) groups is 2. The van der Waals surface area contributed by atoms with Crippen LogP contribution in [0.2, 0.25) is 5.02 Å². The van der Waals surface area contributed by atoms with Crippen LogP contribution in [0.5, 0.6) is 0 Å². The van der Waals surface area contributed by atoms with Crippen LogP contribution in [-0.2, 0) is 9.59 Å². The third kappa shape index (κ3) is 5.00. The fourth-order valence-corrected chi connectivity index (χ4v) is 4.68. The van der Waals surface area contributed by atoms with Crippen molar-refractivity contribution >= 4 is 40.2 Å². The van der Waals surface area contributed by atoms with Gasteiger partial charge in [-0.05, 0) is 30.2 Å². The molecule has 3 heterocycles. The molecule has 1 aliphatic heterocycles. The third-order valence-corrected chi connectivity index (χ3v) is 6.63. The van der Waals surface area contributed by atoms with E-state index in [1.807, 2.05) is 6.92 Å². The maximum Gasteiger partial charge on any atom is 0.337 e. The average Bonchev–Trinajstić information content (AvgIpc) is 3.32. The van der Waals surface area contributed by atoms with E-state index < -0.39 is 35.8 Å². The lowest BCUT2D eigenvalue weighted by Gasteiger charge is -2.25. The highest BCUT2D eigenvalue weighted by Gasteiger charge is 2.49. The summed E-state index contributed by atoms with van der Waals surface area (Å²) in [5, 5.41) is 14.7. The maximum absolute atomic E-state index is 14.7. The van der Waals surface area contributed by atoms with E-state index in [1.54, 1.807) is 48.5 Å². The van der Waals surface area contributed by atoms with Crippen molar-refractivity contribution in [3.63, 3.8) is 0 Å². The number of hydrogen-bond acceptors (Lipinski definition) is 6. The normalized spacial score (nSPS) is 15.4. The Morgan fingerprint density at radius 3 is 2.49 bits per heavy atom. The number of alkyl halides is 2. The van der Waals surface area contributed by atoms with Gasteiger partial charge in [-0.3, -0.25) is 14.4 Å². The number of hydrogen-bond donors (Lipinski definition) is 2. The van der Waals surface area contributed by atoms with Crippen molar-refractivity contribution in [1.82, 2.24) is 20.0 Å². The molecule has 12 heteroatoms. The first kappa shape index (κ1) is 26.1. The van der Waals surface area contributed by atoms with Crippen molar-refractivity contribution < 1.29 is 23.5 Å². The summed E-state index contributed by atoms with van der Waals surface area (Å²) in [5.74, 6) is -7.84. The molecule has 9 nitrogen and oxygen atoms in total. The molecule has 0 unspecified atom stereocenters. The summed E-state index contributed by atoms with van der Waals surface area (Å²) in [5.41, 5.74) is 2.12. The molecule has 2 N–H and O–H groups in total. The van der Waals surface area contributed by atoms with E-state index in [0.29, 0.717) is 32.1 Å². The lowest BCUT2D eigenvalue weighted by atomic mass is 9.92. The summed E-state index contributed by atoms with van der Waals surface area (Å²) in [6.45, 7) is 1.85. The fourth-order valence-electron chi connectivity index (χ4n) is 4.55. The van der Waals surface area contributed by atoms with Crippen LogP contribution in [0.15, 0.2) is 71.0 Å². The molecule has 2 aromatic carbocycles. The number of halogens is 3. The Balaban J connectivity index is 1.72. The second kappa shape index (κ2) is 9.99. The molecule has 1 atom stereocenters. The van der Waals surface area contributed by atoms with Gasteiger partial charge in [-0.2, -0.15) is 13.9 Å². The number of aryl methyl sites for hydroxylation is 1. The van der Waals surface area contributed by atoms with E-state index in [9.17, 15) is 23.2 Å². The smallest absolute Gasteiger partial charge is 0.337 e. The SMILES string of the molecule is Cc1ccc([C@@H]2CC(c3c(-c4ccc(Cl)cc4)c4cncnc4[nH]c3=O)=NN2C(=O)C(F)(F)CC(=O)O)cc1. The highest BCUT2D eigenvalue weighted by molar-refractivity contribution is 6.30. The minimum Gasteiger partial charge on any atom is -0.481 e. The van der Waals surface area contributed by atoms with Gasteiger partial charge in [0, 0.05) is 28.6 Å². The molecule has 1 aliphatic rings. The largest absolute Gasteiger partial charge is 0.481 e. The van der Waals surface area contributed by atoms with Crippen LogP contribution in [0.25, 0.3) is 22.2 Å². The Hall–Kier alpha value is -4.51. The summed E-state index contributed by atoms with van der Waals surface area (Å²) in [4.78, 5) is 48.4. The number of H-pyrrole nitrogens is 1. The number of aromatic amines is 1. The van der Waals surface area contributed by atoms with E-state index in [-0.39, 0.29) is 23.3 Å². The summed E-state index contributed by atoms with van der Waals surface area (Å²) in [6, 6.07) is 12.5. The van der Waals surface area contributed by atoms with Crippen LogP contribution in [-0.4, -0.2) is 48.6 Å². The van der Waals surface area contributed by atoms with Gasteiger partial charge in [-0.1, -0.05) is 53.6 Å². The Bertz CT molecular complexity index is 1690. The highest BCUT2D eigenvalue weighted by atomic mass is 35.5. The average molecular weight is 552 g/mol. The number of aliphatic carboxylic acids is 1. The molecular weight excluding hydrogens is 532 g/mol. The Labute approximate surface area is 224 Å². The fraction of sp³-hybridized carbons (Fsp3) is 0.185. The molecule has 0 aliphatic carbocycles. The monoisotopic (exact) mass is 551 g/mol. The minimum atomic E-state index is -4.23. The Kier molecular flexibility index (Phi) is 6.69. The second-order valence-corrected chi connectivity index (χ2v) is 9.53. The molecule has 4 aromatic rings. The van der Waals surface area contributed by atoms with Gasteiger partial charge in [0.15, 0.2) is 0 Å². The molecule has 0 saturated carbocycles. The first-order valence-corrected chi connectivity index (χ1v) is 12.1. The molecule has 0 saturated heterocycles. The number of nitrogens with one attached hydrogen (secondary N) is 1. The summed E-state index contributed by atoms with van der Waals surface area (Å²) in [6.07, 6.45) is 0.996. The topological polar surface area (TPSA) is 129 Å². The van der Waals surface area contributed by atoms with E-state index in [0.717, 1.165) is 5.56 Å². The molecule has 0 fully saturated rings. The van der Waals surface area contributed by atoms with Gasteiger partial charge in [0.1, 0.15) is 18.4 Å². The predicted octanol–water partition coefficient (Wildman–Crippen LogP) is 4.73. The first-order chi connectivity index (χ1) is 18.5. The summed E-state index contributed by atoms with van der Waals surface area (Å²) in [7, 11) is 0. The van der Waals surface area contributed by atoms with Gasteiger partial charge in [0.05, 0.1) is 17.3 Å². The van der Waals surface area contributed by atoms with Gasteiger partial charge < -0.3 is 10.1 Å². The van der Waals surface area contributed by atoms with Crippen LogP contribution in [0.4, 0.5) is 8.78 Å². The Morgan fingerprint density at radius 1 is 1.13 bits per heavy atom. The third-order valence-electron chi connectivity index (χ3n) is 6.38. The lowest BCUT2D eigenvalue weighted by molar-refractivity contribution is -0.167. The molecule has 198 valence electrons. The molecule has 2 aromatic heterocycles. The zero-order chi connectivity index (χ0) is 27.9. The Morgan fingerprint density at radius 2 is 1.82 bits per heavy atom. The van der Waals surface area contributed by atoms with Crippen molar-refractivity contribution in [2.45, 2.75) is 31.7 Å². The molecule has 0 bridgehead atoms. The maximum atomic E-state index is 14.7. The molecule has 5 rings (SSSR count). The van der Waals surface area contributed by atoms with E-state index in [4.69, 9.17) is 16.7 Å². The van der Waals surface area contributed by atoms with Crippen molar-refractivity contribution in [2.24, 2.45) is 5.10 Å². The summed E-state index contributed by atoms with van der Waals surface area (Å²) >= 11 is 6.07. The molecule has 0 spiro atoms. The van der Waals surface area contributed by atoms with Crippen molar-refractivity contribution in [1.29, 1.82) is 0 Å². The van der Waals surface area contributed by atoms with Gasteiger partial charge in [-0.25, -0.2) is 15.0 Å². The molecule has 1 amide bonds. The van der Waals surface area contributed by atoms with Gasteiger partial charge in [0.25, 0.3) is 5.56 Å². The number of hydrazone groups is 1. The number of pyridine rings is 1. The predicted molar refractivity (Wildman–Crippen MR) is 140 cm³/mol. The van der Waals surface area contributed by atoms with Crippen molar-refractivity contribution in [3.8, 4) is 11.1 Å². The molecular formula is C27H20ClF2N5O4. The zero-order valence-electron chi connectivity index (χ0n) is 20.4. The number of carboxylic acid groups (broad SMARTS) is 1. The van der Waals surface area contributed by atoms with Crippen LogP contribution in [0.1, 0.15) is 35.6 Å². The molecule has 0 radical (unpaired) electrons. The quantitative estimate of drug-likeness (QED) is 0.356. The number of carbonyl (C=O) groups excluding carboxylic acids is 1. The number of carboxylic acids is 1.